The molecule has 0 heterocycles. The van der Waals surface area contributed by atoms with Crippen LogP contribution in [0.4, 0.5) is 0 Å². The van der Waals surface area contributed by atoms with Gasteiger partial charge in [0.2, 0.25) is 0 Å². The molecule has 2 aromatic carbocycles. The van der Waals surface area contributed by atoms with Crippen molar-refractivity contribution in [1.82, 2.24) is 0 Å². The number of aliphatic hydroxyl groups excluding tert-OH is 1. The Kier molecular flexibility index (Phi) is 8.15. The van der Waals surface area contributed by atoms with Crippen molar-refractivity contribution in [2.24, 2.45) is 0 Å². The van der Waals surface area contributed by atoms with E-state index >= 15 is 0 Å². The maximum atomic E-state index is 9.16. The number of ether oxygens (including phenoxy) is 2. The summed E-state index contributed by atoms with van der Waals surface area (Å²) in [5.74, 6) is 1.72. The zero-order valence-electron chi connectivity index (χ0n) is 14.4. The lowest BCUT2D eigenvalue weighted by molar-refractivity contribution is -0.660. The van der Waals surface area contributed by atoms with Gasteiger partial charge >= 0.3 is 0 Å². The predicted octanol–water partition coefficient (Wildman–Crippen LogP) is 2.37. The molecular weight excluding hydrogens is 302 g/mol. The molecule has 0 aliphatic heterocycles. The van der Waals surface area contributed by atoms with E-state index in [9.17, 15) is 0 Å². The highest BCUT2D eigenvalue weighted by molar-refractivity contribution is 5.31. The van der Waals surface area contributed by atoms with Crippen LogP contribution in [0, 0.1) is 0 Å². The van der Waals surface area contributed by atoms with E-state index in [4.69, 9.17) is 14.6 Å². The molecule has 0 spiro atoms. The monoisotopic (exact) mass is 330 g/mol. The molecule has 2 aromatic rings. The zero-order valence-corrected chi connectivity index (χ0v) is 14.4. The van der Waals surface area contributed by atoms with Crippen LogP contribution in [0.25, 0.3) is 0 Å². The fourth-order valence-electron chi connectivity index (χ4n) is 2.31. The van der Waals surface area contributed by atoms with Crippen LogP contribution in [0.5, 0.6) is 11.5 Å². The molecule has 0 aromatic heterocycles. The number of quaternary nitrogens is 1. The number of hydrogen-bond donors (Lipinski definition) is 2. The molecule has 0 radical (unpaired) electrons. The summed E-state index contributed by atoms with van der Waals surface area (Å²) < 4.78 is 11.5. The van der Waals surface area contributed by atoms with E-state index in [0.29, 0.717) is 13.2 Å². The number of aliphatic hydroxyl groups is 1. The van der Waals surface area contributed by atoms with E-state index in [0.717, 1.165) is 43.0 Å². The van der Waals surface area contributed by atoms with Gasteiger partial charge in [-0.25, -0.2) is 0 Å². The molecule has 0 saturated heterocycles. The topological polar surface area (TPSA) is 55.3 Å². The number of benzene rings is 2. The summed E-state index contributed by atoms with van der Waals surface area (Å²) in [6.07, 6.45) is 1.87. The highest BCUT2D eigenvalue weighted by Gasteiger charge is 2.00. The first kappa shape index (κ1) is 18.3. The lowest BCUT2D eigenvalue weighted by Crippen LogP contribution is -2.86. The number of hydrogen-bond acceptors (Lipinski definition) is 3. The largest absolute Gasteiger partial charge is 0.494 e. The Hall–Kier alpha value is -2.04. The van der Waals surface area contributed by atoms with Gasteiger partial charge in [-0.1, -0.05) is 30.3 Å². The summed E-state index contributed by atoms with van der Waals surface area (Å²) >= 11 is 0. The maximum absolute atomic E-state index is 9.16. The SMILES string of the molecule is C[C@@H](O)C[NH2+]CCCCOc1ccc(OCc2ccccc2)cc1. The van der Waals surface area contributed by atoms with Gasteiger partial charge in [-0.15, -0.1) is 0 Å². The molecule has 2 rings (SSSR count). The second kappa shape index (κ2) is 10.7. The first-order valence-corrected chi connectivity index (χ1v) is 8.63. The van der Waals surface area contributed by atoms with Gasteiger partial charge in [-0.05, 0) is 49.6 Å². The smallest absolute Gasteiger partial charge is 0.120 e. The molecular formula is C20H28NO3+. The van der Waals surface area contributed by atoms with Crippen LogP contribution in [0.15, 0.2) is 54.6 Å². The average Bonchev–Trinajstić information content (AvgIpc) is 2.61. The molecule has 0 aliphatic rings. The third-order valence-electron chi connectivity index (χ3n) is 3.65. The van der Waals surface area contributed by atoms with E-state index in [1.807, 2.05) is 49.4 Å². The highest BCUT2D eigenvalue weighted by atomic mass is 16.5. The first-order valence-electron chi connectivity index (χ1n) is 8.63. The summed E-state index contributed by atoms with van der Waals surface area (Å²) in [4.78, 5) is 0. The first-order chi connectivity index (χ1) is 11.7. The average molecular weight is 330 g/mol. The lowest BCUT2D eigenvalue weighted by atomic mass is 10.2. The molecule has 130 valence electrons. The van der Waals surface area contributed by atoms with Gasteiger partial charge in [0.1, 0.15) is 24.7 Å². The minimum absolute atomic E-state index is 0.233. The predicted molar refractivity (Wildman–Crippen MR) is 95.3 cm³/mol. The minimum Gasteiger partial charge on any atom is -0.494 e. The Labute approximate surface area is 144 Å². The van der Waals surface area contributed by atoms with Crippen LogP contribution in [0.1, 0.15) is 25.3 Å². The van der Waals surface area contributed by atoms with Crippen molar-refractivity contribution < 1.29 is 19.9 Å². The fourth-order valence-corrected chi connectivity index (χ4v) is 2.31. The quantitative estimate of drug-likeness (QED) is 0.622. The van der Waals surface area contributed by atoms with Crippen molar-refractivity contribution in [3.63, 3.8) is 0 Å². The van der Waals surface area contributed by atoms with Crippen LogP contribution < -0.4 is 14.8 Å². The number of nitrogens with two attached hydrogens (primary N) is 1. The highest BCUT2D eigenvalue weighted by Crippen LogP contribution is 2.18. The van der Waals surface area contributed by atoms with Crippen LogP contribution in [-0.2, 0) is 6.61 Å². The molecule has 3 N–H and O–H groups in total. The summed E-state index contributed by atoms with van der Waals surface area (Å²) in [6.45, 7) is 4.90. The molecule has 4 heteroatoms. The van der Waals surface area contributed by atoms with Gasteiger partial charge in [0.05, 0.1) is 19.3 Å². The normalized spacial score (nSPS) is 11.9. The van der Waals surface area contributed by atoms with E-state index in [2.05, 4.69) is 17.4 Å². The van der Waals surface area contributed by atoms with Crippen LogP contribution >= 0.6 is 0 Å². The summed E-state index contributed by atoms with van der Waals surface area (Å²) in [5, 5.41) is 11.3. The van der Waals surface area contributed by atoms with Crippen LogP contribution in [0.2, 0.25) is 0 Å². The van der Waals surface area contributed by atoms with Crippen molar-refractivity contribution in [2.45, 2.75) is 32.5 Å². The molecule has 0 aliphatic carbocycles. The Balaban J connectivity index is 1.60. The van der Waals surface area contributed by atoms with Crippen molar-refractivity contribution >= 4 is 0 Å². The van der Waals surface area contributed by atoms with E-state index in [1.165, 1.54) is 0 Å². The Morgan fingerprint density at radius 1 is 0.917 bits per heavy atom. The van der Waals surface area contributed by atoms with Gasteiger partial charge < -0.3 is 19.9 Å². The van der Waals surface area contributed by atoms with Crippen LogP contribution in [0.3, 0.4) is 0 Å². The Bertz CT molecular complexity index is 555. The number of rotatable bonds is 11. The Morgan fingerprint density at radius 3 is 2.25 bits per heavy atom. The second-order valence-electron chi connectivity index (χ2n) is 5.96. The Morgan fingerprint density at radius 2 is 1.58 bits per heavy atom. The van der Waals surface area contributed by atoms with Gasteiger partial charge in [0, 0.05) is 0 Å². The molecule has 24 heavy (non-hydrogen) atoms. The van der Waals surface area contributed by atoms with Crippen molar-refractivity contribution in [3.05, 3.63) is 60.2 Å². The fraction of sp³-hybridized carbons (Fsp3) is 0.400. The lowest BCUT2D eigenvalue weighted by Gasteiger charge is -2.09. The van der Waals surface area contributed by atoms with Gasteiger partial charge in [0.25, 0.3) is 0 Å². The third-order valence-corrected chi connectivity index (χ3v) is 3.65. The third kappa shape index (κ3) is 7.49. The standard InChI is InChI=1S/C20H27NO3/c1-17(22)15-21-13-5-6-14-23-19-9-11-20(12-10-19)24-16-18-7-3-2-4-8-18/h2-4,7-12,17,21-22H,5-6,13-16H2,1H3/p+1/t17-/m1/s1. The zero-order chi connectivity index (χ0) is 17.0. The summed E-state index contributed by atoms with van der Waals surface area (Å²) in [7, 11) is 0. The van der Waals surface area contributed by atoms with Gasteiger partial charge in [-0.3, -0.25) is 0 Å². The number of unbranched alkanes of at least 4 members (excludes halogenated alkanes) is 1. The van der Waals surface area contributed by atoms with E-state index < -0.39 is 0 Å². The van der Waals surface area contributed by atoms with Gasteiger partial charge in [-0.2, -0.15) is 0 Å². The minimum atomic E-state index is -0.233. The molecule has 1 atom stereocenters. The van der Waals surface area contributed by atoms with Crippen molar-refractivity contribution in [1.29, 1.82) is 0 Å². The molecule has 0 bridgehead atoms. The van der Waals surface area contributed by atoms with Crippen LogP contribution in [-0.4, -0.2) is 30.9 Å². The summed E-state index contributed by atoms with van der Waals surface area (Å²) in [5.41, 5.74) is 1.16. The van der Waals surface area contributed by atoms with Gasteiger partial charge in [0.15, 0.2) is 0 Å². The molecule has 0 saturated carbocycles. The van der Waals surface area contributed by atoms with E-state index in [1.54, 1.807) is 0 Å². The molecule has 0 fully saturated rings. The second-order valence-corrected chi connectivity index (χ2v) is 5.96. The summed E-state index contributed by atoms with van der Waals surface area (Å²) in [6, 6.07) is 17.9. The molecule has 0 amide bonds. The molecule has 0 unspecified atom stereocenters. The molecule has 4 nitrogen and oxygen atoms in total. The van der Waals surface area contributed by atoms with Crippen molar-refractivity contribution in [3.8, 4) is 11.5 Å². The van der Waals surface area contributed by atoms with E-state index in [-0.39, 0.29) is 6.10 Å². The van der Waals surface area contributed by atoms with Crippen molar-refractivity contribution in [2.75, 3.05) is 19.7 Å². The maximum Gasteiger partial charge on any atom is 0.120 e.